The van der Waals surface area contributed by atoms with E-state index in [-0.39, 0.29) is 11.5 Å². The van der Waals surface area contributed by atoms with Crippen LogP contribution in [-0.4, -0.2) is 15.0 Å². The first kappa shape index (κ1) is 11.4. The minimum Gasteiger partial charge on any atom is -0.266 e. The molecule has 0 atom stereocenters. The molecule has 1 aliphatic carbocycles. The zero-order valence-corrected chi connectivity index (χ0v) is 9.96. The molecule has 1 aromatic rings. The molecular weight excluding hydrogens is 224 g/mol. The Labute approximate surface area is 95.9 Å². The lowest BCUT2D eigenvalue weighted by Crippen LogP contribution is -2.07. The Bertz CT molecular complexity index is 498. The molecule has 0 radical (unpaired) electrons. The van der Waals surface area contributed by atoms with Crippen LogP contribution in [0.4, 0.5) is 0 Å². The third kappa shape index (κ3) is 2.93. The van der Waals surface area contributed by atoms with Crippen molar-refractivity contribution in [1.29, 1.82) is 0 Å². The summed E-state index contributed by atoms with van der Waals surface area (Å²) in [5.74, 6) is 0. The van der Waals surface area contributed by atoms with Crippen molar-refractivity contribution in [3.63, 3.8) is 0 Å². The maximum absolute atomic E-state index is 11.7. The van der Waals surface area contributed by atoms with Gasteiger partial charge < -0.3 is 0 Å². The monoisotopic (exact) mass is 238 g/mol. The van der Waals surface area contributed by atoms with E-state index < -0.39 is 10.1 Å². The van der Waals surface area contributed by atoms with Gasteiger partial charge in [-0.15, -0.1) is 0 Å². The molecule has 0 unspecified atom stereocenters. The predicted molar refractivity (Wildman–Crippen MR) is 61.6 cm³/mol. The smallest absolute Gasteiger partial charge is 0.266 e. The third-order valence-corrected chi connectivity index (χ3v) is 3.79. The molecule has 1 aliphatic rings. The maximum Gasteiger partial charge on any atom is 0.296 e. The van der Waals surface area contributed by atoms with Gasteiger partial charge in [-0.2, -0.15) is 8.42 Å². The fraction of sp³-hybridized carbons (Fsp3) is 0.333. The summed E-state index contributed by atoms with van der Waals surface area (Å²) >= 11 is 0. The van der Waals surface area contributed by atoms with Crippen molar-refractivity contribution in [3.8, 4) is 0 Å². The molecule has 0 aromatic heterocycles. The first-order chi connectivity index (χ1) is 7.58. The lowest BCUT2D eigenvalue weighted by molar-refractivity contribution is 0.323. The zero-order chi connectivity index (χ0) is 11.6. The van der Waals surface area contributed by atoms with Crippen molar-refractivity contribution in [2.75, 3.05) is 6.61 Å². The number of rotatable bonds is 5. The Morgan fingerprint density at radius 3 is 2.44 bits per heavy atom. The van der Waals surface area contributed by atoms with Crippen molar-refractivity contribution >= 4 is 10.1 Å². The van der Waals surface area contributed by atoms with Gasteiger partial charge in [0.25, 0.3) is 10.1 Å². The molecule has 0 heterocycles. The lowest BCUT2D eigenvalue weighted by Gasteiger charge is -2.04. The van der Waals surface area contributed by atoms with Crippen LogP contribution in [0.5, 0.6) is 0 Å². The normalized spacial score (nSPS) is 14.7. The average Bonchev–Trinajstić information content (AvgIpc) is 3.02. The van der Waals surface area contributed by atoms with E-state index in [1.165, 1.54) is 5.57 Å². The van der Waals surface area contributed by atoms with E-state index in [1.54, 1.807) is 24.3 Å². The molecule has 16 heavy (non-hydrogen) atoms. The number of aryl methyl sites for hydroxylation is 1. The number of benzene rings is 1. The topological polar surface area (TPSA) is 43.4 Å². The van der Waals surface area contributed by atoms with Gasteiger partial charge in [0.15, 0.2) is 0 Å². The molecular formula is C12H14O3S. The second kappa shape index (κ2) is 4.39. The van der Waals surface area contributed by atoms with Crippen molar-refractivity contribution in [2.45, 2.75) is 24.7 Å². The Kier molecular flexibility index (Phi) is 3.12. The first-order valence-corrected chi connectivity index (χ1v) is 6.63. The van der Waals surface area contributed by atoms with Crippen LogP contribution in [0.15, 0.2) is 40.8 Å². The summed E-state index contributed by atoms with van der Waals surface area (Å²) in [6.07, 6.45) is 3.79. The summed E-state index contributed by atoms with van der Waals surface area (Å²) < 4.78 is 28.3. The van der Waals surface area contributed by atoms with Crippen LogP contribution in [0.1, 0.15) is 18.4 Å². The average molecular weight is 238 g/mol. The van der Waals surface area contributed by atoms with Crippen LogP contribution in [0.25, 0.3) is 0 Å². The number of allylic oxidation sites excluding steroid dienone is 1. The van der Waals surface area contributed by atoms with Crippen LogP contribution in [0.3, 0.4) is 0 Å². The largest absolute Gasteiger partial charge is 0.296 e. The van der Waals surface area contributed by atoms with Gasteiger partial charge in [0, 0.05) is 0 Å². The summed E-state index contributed by atoms with van der Waals surface area (Å²) in [5, 5.41) is 0. The van der Waals surface area contributed by atoms with Crippen molar-refractivity contribution < 1.29 is 12.6 Å². The number of hydrogen-bond donors (Lipinski definition) is 0. The van der Waals surface area contributed by atoms with Crippen molar-refractivity contribution in [1.82, 2.24) is 0 Å². The summed E-state index contributed by atoms with van der Waals surface area (Å²) in [6.45, 7) is 2.15. The Morgan fingerprint density at radius 2 is 1.88 bits per heavy atom. The molecule has 0 spiro atoms. The SMILES string of the molecule is Cc1ccc(S(=O)(=O)OCCC2=CC2)cc1. The molecule has 2 rings (SSSR count). The standard InChI is InChI=1S/C12H14O3S/c1-10-2-6-12(7-3-10)16(13,14)15-9-8-11-4-5-11/h2-4,6-7H,5,8-9H2,1H3. The van der Waals surface area contributed by atoms with Crippen molar-refractivity contribution in [3.05, 3.63) is 41.5 Å². The van der Waals surface area contributed by atoms with E-state index >= 15 is 0 Å². The summed E-state index contributed by atoms with van der Waals surface area (Å²) in [4.78, 5) is 0.225. The molecule has 0 saturated carbocycles. The number of hydrogen-bond acceptors (Lipinski definition) is 3. The van der Waals surface area contributed by atoms with Gasteiger partial charge in [-0.3, -0.25) is 4.18 Å². The van der Waals surface area contributed by atoms with Gasteiger partial charge in [0.05, 0.1) is 11.5 Å². The fourth-order valence-corrected chi connectivity index (χ4v) is 2.24. The Morgan fingerprint density at radius 1 is 1.25 bits per heavy atom. The molecule has 0 amide bonds. The minimum atomic E-state index is -3.57. The molecule has 0 bridgehead atoms. The molecule has 86 valence electrons. The predicted octanol–water partition coefficient (Wildman–Crippen LogP) is 2.42. The highest BCUT2D eigenvalue weighted by Gasteiger charge is 2.15. The van der Waals surface area contributed by atoms with Gasteiger partial charge in [-0.05, 0) is 31.9 Å². The quantitative estimate of drug-likeness (QED) is 0.584. The van der Waals surface area contributed by atoms with E-state index in [0.717, 1.165) is 12.0 Å². The maximum atomic E-state index is 11.7. The lowest BCUT2D eigenvalue weighted by atomic mass is 10.2. The van der Waals surface area contributed by atoms with E-state index in [4.69, 9.17) is 4.18 Å². The molecule has 4 heteroatoms. The summed E-state index contributed by atoms with van der Waals surface area (Å²) in [6, 6.07) is 6.67. The molecule has 0 saturated heterocycles. The highest BCUT2D eigenvalue weighted by molar-refractivity contribution is 7.86. The van der Waals surface area contributed by atoms with Gasteiger partial charge in [-0.25, -0.2) is 0 Å². The van der Waals surface area contributed by atoms with E-state index in [9.17, 15) is 8.42 Å². The fourth-order valence-electron chi connectivity index (χ4n) is 1.33. The van der Waals surface area contributed by atoms with Crippen molar-refractivity contribution in [2.24, 2.45) is 0 Å². The van der Waals surface area contributed by atoms with Crippen LogP contribution in [0.2, 0.25) is 0 Å². The third-order valence-electron chi connectivity index (χ3n) is 2.46. The Hall–Kier alpha value is -1.13. The highest BCUT2D eigenvalue weighted by Crippen LogP contribution is 2.22. The minimum absolute atomic E-state index is 0.225. The van der Waals surface area contributed by atoms with E-state index in [0.29, 0.717) is 6.42 Å². The molecule has 1 aromatic carbocycles. The van der Waals surface area contributed by atoms with Crippen LogP contribution in [0, 0.1) is 6.92 Å². The van der Waals surface area contributed by atoms with Crippen LogP contribution >= 0.6 is 0 Å². The van der Waals surface area contributed by atoms with E-state index in [2.05, 4.69) is 6.08 Å². The van der Waals surface area contributed by atoms with Crippen LogP contribution < -0.4 is 0 Å². The summed E-state index contributed by atoms with van der Waals surface area (Å²) in [7, 11) is -3.57. The van der Waals surface area contributed by atoms with Gasteiger partial charge in [0.1, 0.15) is 0 Å². The molecule has 0 aliphatic heterocycles. The summed E-state index contributed by atoms with van der Waals surface area (Å²) in [5.41, 5.74) is 2.31. The van der Waals surface area contributed by atoms with E-state index in [1.807, 2.05) is 6.92 Å². The zero-order valence-electron chi connectivity index (χ0n) is 9.14. The van der Waals surface area contributed by atoms with Crippen LogP contribution in [-0.2, 0) is 14.3 Å². The molecule has 3 nitrogen and oxygen atoms in total. The van der Waals surface area contributed by atoms with Gasteiger partial charge in [0.2, 0.25) is 0 Å². The van der Waals surface area contributed by atoms with Gasteiger partial charge in [-0.1, -0.05) is 29.3 Å². The molecule has 0 fully saturated rings. The second-order valence-corrected chi connectivity index (χ2v) is 5.52. The molecule has 0 N–H and O–H groups in total. The van der Waals surface area contributed by atoms with Gasteiger partial charge >= 0.3 is 0 Å². The Balaban J connectivity index is 1.99. The first-order valence-electron chi connectivity index (χ1n) is 5.22. The second-order valence-electron chi connectivity index (χ2n) is 3.91. The highest BCUT2D eigenvalue weighted by atomic mass is 32.2.